The van der Waals surface area contributed by atoms with Gasteiger partial charge in [-0.2, -0.15) is 0 Å². The van der Waals surface area contributed by atoms with Crippen molar-refractivity contribution in [1.29, 1.82) is 0 Å². The first-order valence-electron chi connectivity index (χ1n) is 4.89. The average molecular weight is 195 g/mol. The fraction of sp³-hybridized carbons (Fsp3) is 0.583. The predicted molar refractivity (Wildman–Crippen MR) is 61.3 cm³/mol. The van der Waals surface area contributed by atoms with Crippen LogP contribution in [0.15, 0.2) is 25.3 Å². The van der Waals surface area contributed by atoms with E-state index in [4.69, 9.17) is 0 Å². The van der Waals surface area contributed by atoms with Gasteiger partial charge < -0.3 is 0 Å². The lowest BCUT2D eigenvalue weighted by molar-refractivity contribution is -0.125. The van der Waals surface area contributed by atoms with Gasteiger partial charge in [0.1, 0.15) is 5.78 Å². The monoisotopic (exact) mass is 195 g/mol. The molecule has 0 unspecified atom stereocenters. The fourth-order valence-electron chi connectivity index (χ4n) is 1.24. The normalized spacial score (nSPS) is 11.4. The van der Waals surface area contributed by atoms with Crippen molar-refractivity contribution in [3.8, 4) is 0 Å². The number of hydrogen-bond acceptors (Lipinski definition) is 2. The minimum atomic E-state index is -0.286. The number of nitrogens with zero attached hydrogens (tertiary/aromatic N) is 1. The van der Waals surface area contributed by atoms with Crippen molar-refractivity contribution >= 4 is 5.78 Å². The van der Waals surface area contributed by atoms with Crippen molar-refractivity contribution in [2.45, 2.75) is 20.8 Å². The molecule has 0 heterocycles. The molecule has 0 spiro atoms. The van der Waals surface area contributed by atoms with Crippen LogP contribution in [0.1, 0.15) is 20.8 Å². The van der Waals surface area contributed by atoms with Crippen LogP contribution < -0.4 is 0 Å². The van der Waals surface area contributed by atoms with Gasteiger partial charge in [-0.3, -0.25) is 9.69 Å². The molecule has 0 aliphatic carbocycles. The van der Waals surface area contributed by atoms with Crippen molar-refractivity contribution in [3.63, 3.8) is 0 Å². The minimum Gasteiger partial charge on any atom is -0.299 e. The van der Waals surface area contributed by atoms with Gasteiger partial charge in [-0.05, 0) is 6.92 Å². The zero-order chi connectivity index (χ0) is 11.2. The van der Waals surface area contributed by atoms with Crippen molar-refractivity contribution in [3.05, 3.63) is 25.3 Å². The Bertz CT molecular complexity index is 208. The van der Waals surface area contributed by atoms with E-state index in [-0.39, 0.29) is 11.2 Å². The zero-order valence-electron chi connectivity index (χ0n) is 9.55. The Balaban J connectivity index is 4.33. The highest BCUT2D eigenvalue weighted by Gasteiger charge is 2.25. The van der Waals surface area contributed by atoms with Crippen LogP contribution >= 0.6 is 0 Å². The van der Waals surface area contributed by atoms with Crippen molar-refractivity contribution in [2.24, 2.45) is 5.41 Å². The fourth-order valence-corrected chi connectivity index (χ4v) is 1.24. The van der Waals surface area contributed by atoms with E-state index >= 15 is 0 Å². The SMILES string of the molecule is C=CCN(CC=C)CC(C)(C)C(C)=O. The molecule has 0 radical (unpaired) electrons. The smallest absolute Gasteiger partial charge is 0.136 e. The van der Waals surface area contributed by atoms with E-state index in [1.807, 2.05) is 26.0 Å². The molecule has 0 atom stereocenters. The Morgan fingerprint density at radius 2 is 1.71 bits per heavy atom. The second kappa shape index (κ2) is 5.76. The summed E-state index contributed by atoms with van der Waals surface area (Å²) in [5.41, 5.74) is -0.286. The third-order valence-electron chi connectivity index (χ3n) is 2.35. The molecule has 0 N–H and O–H groups in total. The molecule has 0 aromatic carbocycles. The number of rotatable bonds is 7. The van der Waals surface area contributed by atoms with E-state index in [9.17, 15) is 4.79 Å². The molecule has 0 aromatic heterocycles. The van der Waals surface area contributed by atoms with Gasteiger partial charge in [0.15, 0.2) is 0 Å². The van der Waals surface area contributed by atoms with E-state index in [0.29, 0.717) is 0 Å². The third-order valence-corrected chi connectivity index (χ3v) is 2.35. The summed E-state index contributed by atoms with van der Waals surface area (Å²) in [7, 11) is 0. The molecule has 0 aliphatic heterocycles. The van der Waals surface area contributed by atoms with E-state index < -0.39 is 0 Å². The molecule has 0 saturated heterocycles. The summed E-state index contributed by atoms with van der Waals surface area (Å²) in [6.45, 7) is 15.3. The Kier molecular flexibility index (Phi) is 5.39. The molecule has 0 bridgehead atoms. The van der Waals surface area contributed by atoms with Crippen LogP contribution in [0.25, 0.3) is 0 Å². The van der Waals surface area contributed by atoms with Crippen LogP contribution in [0, 0.1) is 5.41 Å². The van der Waals surface area contributed by atoms with Crippen LogP contribution in [-0.4, -0.2) is 30.3 Å². The third kappa shape index (κ3) is 4.38. The summed E-state index contributed by atoms with van der Waals surface area (Å²) >= 11 is 0. The second-order valence-corrected chi connectivity index (χ2v) is 4.21. The number of carbonyl (C=O) groups is 1. The molecule has 2 nitrogen and oxygen atoms in total. The lowest BCUT2D eigenvalue weighted by atomic mass is 9.88. The average Bonchev–Trinajstić information content (AvgIpc) is 2.04. The van der Waals surface area contributed by atoms with E-state index in [2.05, 4.69) is 18.1 Å². The molecule has 0 rings (SSSR count). The summed E-state index contributed by atoms with van der Waals surface area (Å²) in [6, 6.07) is 0. The highest BCUT2D eigenvalue weighted by Crippen LogP contribution is 2.18. The van der Waals surface area contributed by atoms with Gasteiger partial charge in [0.05, 0.1) is 0 Å². The number of ketones is 1. The lowest BCUT2D eigenvalue weighted by Gasteiger charge is -2.29. The van der Waals surface area contributed by atoms with Gasteiger partial charge in [0.25, 0.3) is 0 Å². The maximum atomic E-state index is 11.3. The van der Waals surface area contributed by atoms with Gasteiger partial charge in [-0.15, -0.1) is 13.2 Å². The van der Waals surface area contributed by atoms with E-state index in [0.717, 1.165) is 19.6 Å². The van der Waals surface area contributed by atoms with Gasteiger partial charge in [-0.1, -0.05) is 26.0 Å². The van der Waals surface area contributed by atoms with Gasteiger partial charge in [-0.25, -0.2) is 0 Å². The number of hydrogen-bond donors (Lipinski definition) is 0. The van der Waals surface area contributed by atoms with Gasteiger partial charge in [0, 0.05) is 25.0 Å². The molecule has 2 heteroatoms. The first-order valence-corrected chi connectivity index (χ1v) is 4.89. The summed E-state index contributed by atoms with van der Waals surface area (Å²) in [5.74, 6) is 0.218. The Morgan fingerprint density at radius 3 is 2.00 bits per heavy atom. The van der Waals surface area contributed by atoms with Crippen LogP contribution in [0.2, 0.25) is 0 Å². The second-order valence-electron chi connectivity index (χ2n) is 4.21. The highest BCUT2D eigenvalue weighted by molar-refractivity contribution is 5.81. The standard InChI is InChI=1S/C12H21NO/c1-6-8-13(9-7-2)10-12(4,5)11(3)14/h6-7H,1-2,8-10H2,3-5H3. The Labute approximate surface area is 87.3 Å². The Hall–Kier alpha value is -0.890. The van der Waals surface area contributed by atoms with Crippen LogP contribution in [0.4, 0.5) is 0 Å². The molecular formula is C12H21NO. The first-order chi connectivity index (χ1) is 6.44. The molecule has 14 heavy (non-hydrogen) atoms. The quantitative estimate of drug-likeness (QED) is 0.581. The maximum absolute atomic E-state index is 11.3. The van der Waals surface area contributed by atoms with E-state index in [1.165, 1.54) is 0 Å². The number of Topliss-reactive ketones (excluding diaryl/α,β-unsaturated/α-hetero) is 1. The highest BCUT2D eigenvalue weighted by atomic mass is 16.1. The van der Waals surface area contributed by atoms with Crippen molar-refractivity contribution < 1.29 is 4.79 Å². The minimum absolute atomic E-state index is 0.218. The molecule has 0 amide bonds. The van der Waals surface area contributed by atoms with Gasteiger partial charge in [0.2, 0.25) is 0 Å². The topological polar surface area (TPSA) is 20.3 Å². The summed E-state index contributed by atoms with van der Waals surface area (Å²) in [6.07, 6.45) is 3.69. The van der Waals surface area contributed by atoms with E-state index in [1.54, 1.807) is 6.92 Å². The van der Waals surface area contributed by atoms with Gasteiger partial charge >= 0.3 is 0 Å². The van der Waals surface area contributed by atoms with Crippen molar-refractivity contribution in [2.75, 3.05) is 19.6 Å². The molecular weight excluding hydrogens is 174 g/mol. The first kappa shape index (κ1) is 13.1. The van der Waals surface area contributed by atoms with Crippen LogP contribution in [0.5, 0.6) is 0 Å². The lowest BCUT2D eigenvalue weighted by Crippen LogP contribution is -2.38. The molecule has 0 fully saturated rings. The molecule has 0 aromatic rings. The molecule has 0 aliphatic rings. The molecule has 0 saturated carbocycles. The maximum Gasteiger partial charge on any atom is 0.136 e. The summed E-state index contributed by atoms with van der Waals surface area (Å²) in [4.78, 5) is 13.5. The largest absolute Gasteiger partial charge is 0.299 e. The van der Waals surface area contributed by atoms with Crippen molar-refractivity contribution in [1.82, 2.24) is 4.90 Å². The molecule has 80 valence electrons. The zero-order valence-corrected chi connectivity index (χ0v) is 9.55. The number of carbonyl (C=O) groups excluding carboxylic acids is 1. The predicted octanol–water partition coefficient (Wildman–Crippen LogP) is 2.28. The van der Waals surface area contributed by atoms with Crippen LogP contribution in [-0.2, 0) is 4.79 Å². The summed E-state index contributed by atoms with van der Waals surface area (Å²) < 4.78 is 0. The van der Waals surface area contributed by atoms with Crippen LogP contribution in [0.3, 0.4) is 0 Å². The Morgan fingerprint density at radius 1 is 1.29 bits per heavy atom. The summed E-state index contributed by atoms with van der Waals surface area (Å²) in [5, 5.41) is 0.